The van der Waals surface area contributed by atoms with Gasteiger partial charge in [-0.2, -0.15) is 0 Å². The fraction of sp³-hybridized carbons (Fsp3) is 0.235. The topological polar surface area (TPSA) is 75.3 Å². The summed E-state index contributed by atoms with van der Waals surface area (Å²) in [6.45, 7) is 3.47. The zero-order chi connectivity index (χ0) is 19.5. The summed E-state index contributed by atoms with van der Waals surface area (Å²) >= 11 is 11.5. The molecular formula is C17H17Cl2FN2O3S. The van der Waals surface area contributed by atoms with Crippen molar-refractivity contribution in [3.8, 4) is 0 Å². The maximum absolute atomic E-state index is 13.5. The van der Waals surface area contributed by atoms with Crippen LogP contribution in [0.4, 0.5) is 4.39 Å². The molecule has 0 aromatic heterocycles. The molecule has 0 fully saturated rings. The molecule has 0 heterocycles. The van der Waals surface area contributed by atoms with Gasteiger partial charge in [0.25, 0.3) is 5.91 Å². The fourth-order valence-electron chi connectivity index (χ4n) is 2.23. The van der Waals surface area contributed by atoms with Gasteiger partial charge < -0.3 is 5.32 Å². The summed E-state index contributed by atoms with van der Waals surface area (Å²) in [4.78, 5) is 12.2. The summed E-state index contributed by atoms with van der Waals surface area (Å²) in [5.41, 5.74) is 1.37. The molecule has 5 nitrogen and oxygen atoms in total. The van der Waals surface area contributed by atoms with Gasteiger partial charge in [0, 0.05) is 13.1 Å². The van der Waals surface area contributed by atoms with Crippen LogP contribution in [-0.2, 0) is 10.0 Å². The van der Waals surface area contributed by atoms with Crippen LogP contribution < -0.4 is 10.0 Å². The van der Waals surface area contributed by atoms with Crippen molar-refractivity contribution < 1.29 is 17.6 Å². The number of benzene rings is 2. The zero-order valence-corrected chi connectivity index (χ0v) is 16.4. The van der Waals surface area contributed by atoms with Crippen molar-refractivity contribution in [2.75, 3.05) is 13.1 Å². The van der Waals surface area contributed by atoms with Gasteiger partial charge in [-0.25, -0.2) is 17.5 Å². The van der Waals surface area contributed by atoms with E-state index in [0.717, 1.165) is 17.7 Å². The third-order valence-electron chi connectivity index (χ3n) is 3.59. The second-order valence-corrected chi connectivity index (χ2v) is 8.22. The minimum atomic E-state index is -3.70. The van der Waals surface area contributed by atoms with Crippen LogP contribution in [0.3, 0.4) is 0 Å². The molecule has 0 saturated heterocycles. The maximum atomic E-state index is 13.5. The van der Waals surface area contributed by atoms with Crippen LogP contribution in [0.1, 0.15) is 21.5 Å². The van der Waals surface area contributed by atoms with Crippen LogP contribution in [0, 0.1) is 19.7 Å². The van der Waals surface area contributed by atoms with Crippen LogP contribution >= 0.6 is 23.2 Å². The van der Waals surface area contributed by atoms with Gasteiger partial charge in [0.05, 0.1) is 20.5 Å². The molecule has 0 spiro atoms. The quantitative estimate of drug-likeness (QED) is 0.556. The molecule has 0 aliphatic rings. The number of carbonyl (C=O) groups is 1. The van der Waals surface area contributed by atoms with E-state index in [-0.39, 0.29) is 33.6 Å². The van der Waals surface area contributed by atoms with Gasteiger partial charge in [-0.1, -0.05) is 35.3 Å². The predicted octanol–water partition coefficient (Wildman–Crippen LogP) is 3.46. The second kappa shape index (κ2) is 8.35. The van der Waals surface area contributed by atoms with E-state index in [0.29, 0.717) is 5.56 Å². The Balaban J connectivity index is 1.97. The SMILES string of the molecule is Cc1ccc(C)c(S(=O)(=O)NCCNC(=O)c2cc(F)c(Cl)cc2Cl)c1. The molecule has 1 amide bonds. The molecule has 2 aromatic carbocycles. The van der Waals surface area contributed by atoms with Gasteiger partial charge in [0.15, 0.2) is 0 Å². The van der Waals surface area contributed by atoms with E-state index in [1.54, 1.807) is 26.0 Å². The van der Waals surface area contributed by atoms with Crippen molar-refractivity contribution in [2.24, 2.45) is 0 Å². The summed E-state index contributed by atoms with van der Waals surface area (Å²) in [5.74, 6) is -1.40. The van der Waals surface area contributed by atoms with Crippen molar-refractivity contribution in [2.45, 2.75) is 18.7 Å². The minimum absolute atomic E-state index is 0.00347. The highest BCUT2D eigenvalue weighted by atomic mass is 35.5. The number of aryl methyl sites for hydroxylation is 2. The molecule has 9 heteroatoms. The van der Waals surface area contributed by atoms with Gasteiger partial charge in [0.2, 0.25) is 10.0 Å². The number of halogens is 3. The predicted molar refractivity (Wildman–Crippen MR) is 99.9 cm³/mol. The third-order valence-corrected chi connectivity index (χ3v) is 5.80. The number of hydrogen-bond donors (Lipinski definition) is 2. The highest BCUT2D eigenvalue weighted by molar-refractivity contribution is 7.89. The third kappa shape index (κ3) is 4.94. The molecule has 0 aliphatic carbocycles. The van der Waals surface area contributed by atoms with E-state index in [2.05, 4.69) is 10.0 Å². The number of amides is 1. The number of carbonyl (C=O) groups excluding carboxylic acids is 1. The lowest BCUT2D eigenvalue weighted by Gasteiger charge is -2.11. The van der Waals surface area contributed by atoms with Gasteiger partial charge in [-0.05, 0) is 43.2 Å². The summed E-state index contributed by atoms with van der Waals surface area (Å²) in [6, 6.07) is 7.19. The fourth-order valence-corrected chi connectivity index (χ4v) is 4.06. The Bertz CT molecular complexity index is 949. The summed E-state index contributed by atoms with van der Waals surface area (Å²) in [7, 11) is -3.70. The van der Waals surface area contributed by atoms with Crippen molar-refractivity contribution in [3.63, 3.8) is 0 Å². The van der Waals surface area contributed by atoms with Crippen molar-refractivity contribution >= 4 is 39.1 Å². The normalized spacial score (nSPS) is 11.4. The van der Waals surface area contributed by atoms with Gasteiger partial charge in [-0.15, -0.1) is 0 Å². The average molecular weight is 419 g/mol. The number of hydrogen-bond acceptors (Lipinski definition) is 3. The smallest absolute Gasteiger partial charge is 0.252 e. The minimum Gasteiger partial charge on any atom is -0.351 e. The molecule has 0 saturated carbocycles. The molecule has 140 valence electrons. The monoisotopic (exact) mass is 418 g/mol. The summed E-state index contributed by atoms with van der Waals surface area (Å²) in [6.07, 6.45) is 0. The van der Waals surface area contributed by atoms with Crippen LogP contribution in [0.2, 0.25) is 10.0 Å². The molecule has 2 N–H and O–H groups in total. The Morgan fingerprint density at radius 2 is 1.77 bits per heavy atom. The lowest BCUT2D eigenvalue weighted by Crippen LogP contribution is -2.35. The first kappa shape index (κ1) is 20.6. The molecule has 2 rings (SSSR count). The molecular weight excluding hydrogens is 402 g/mol. The Morgan fingerprint density at radius 3 is 2.46 bits per heavy atom. The first-order valence-corrected chi connectivity index (χ1v) is 9.85. The first-order chi connectivity index (χ1) is 12.1. The number of nitrogens with one attached hydrogen (secondary N) is 2. The highest BCUT2D eigenvalue weighted by Crippen LogP contribution is 2.24. The molecule has 0 aliphatic heterocycles. The van der Waals surface area contributed by atoms with E-state index in [1.807, 2.05) is 6.07 Å². The van der Waals surface area contributed by atoms with Gasteiger partial charge in [-0.3, -0.25) is 4.79 Å². The summed E-state index contributed by atoms with van der Waals surface area (Å²) < 4.78 is 40.6. The van der Waals surface area contributed by atoms with Crippen molar-refractivity contribution in [1.82, 2.24) is 10.0 Å². The Kier molecular flexibility index (Phi) is 6.63. The molecule has 26 heavy (non-hydrogen) atoms. The van der Waals surface area contributed by atoms with E-state index < -0.39 is 21.7 Å². The summed E-state index contributed by atoms with van der Waals surface area (Å²) in [5, 5.41) is 2.29. The number of rotatable bonds is 6. The zero-order valence-electron chi connectivity index (χ0n) is 14.1. The molecule has 0 unspecified atom stereocenters. The van der Waals surface area contributed by atoms with Crippen LogP contribution in [-0.4, -0.2) is 27.4 Å². The van der Waals surface area contributed by atoms with E-state index >= 15 is 0 Å². The van der Waals surface area contributed by atoms with Crippen molar-refractivity contribution in [3.05, 3.63) is 62.9 Å². The molecule has 2 aromatic rings. The van der Waals surface area contributed by atoms with E-state index in [1.165, 1.54) is 0 Å². The van der Waals surface area contributed by atoms with E-state index in [4.69, 9.17) is 23.2 Å². The average Bonchev–Trinajstić information content (AvgIpc) is 2.57. The largest absolute Gasteiger partial charge is 0.351 e. The van der Waals surface area contributed by atoms with Crippen LogP contribution in [0.25, 0.3) is 0 Å². The standard InChI is InChI=1S/C17H17Cl2FN2O3S/c1-10-3-4-11(2)16(7-10)26(24,25)22-6-5-21-17(23)12-8-15(20)14(19)9-13(12)18/h3-4,7-9,22H,5-6H2,1-2H3,(H,21,23). The van der Waals surface area contributed by atoms with Gasteiger partial charge >= 0.3 is 0 Å². The van der Waals surface area contributed by atoms with Gasteiger partial charge in [0.1, 0.15) is 5.82 Å². The molecule has 0 atom stereocenters. The molecule has 0 bridgehead atoms. The maximum Gasteiger partial charge on any atom is 0.252 e. The Hall–Kier alpha value is -1.67. The Labute approximate surface area is 161 Å². The first-order valence-electron chi connectivity index (χ1n) is 7.61. The van der Waals surface area contributed by atoms with Crippen molar-refractivity contribution in [1.29, 1.82) is 0 Å². The van der Waals surface area contributed by atoms with Crippen LogP contribution in [0.15, 0.2) is 35.2 Å². The number of sulfonamides is 1. The Morgan fingerprint density at radius 1 is 1.08 bits per heavy atom. The highest BCUT2D eigenvalue weighted by Gasteiger charge is 2.17. The second-order valence-electron chi connectivity index (χ2n) is 5.67. The lowest BCUT2D eigenvalue weighted by atomic mass is 10.2. The molecule has 0 radical (unpaired) electrons. The lowest BCUT2D eigenvalue weighted by molar-refractivity contribution is 0.0954. The van der Waals surface area contributed by atoms with E-state index in [9.17, 15) is 17.6 Å². The van der Waals surface area contributed by atoms with Crippen LogP contribution in [0.5, 0.6) is 0 Å².